The smallest absolute Gasteiger partial charge is 0.217 e. The average molecular weight is 372 g/mol. The van der Waals surface area contributed by atoms with Gasteiger partial charge in [0.2, 0.25) is 6.29 Å². The molecule has 4 nitrogen and oxygen atoms in total. The summed E-state index contributed by atoms with van der Waals surface area (Å²) in [7, 11) is -1.54. The Morgan fingerprint density at radius 1 is 1.17 bits per heavy atom. The molecule has 0 radical (unpaired) electrons. The number of hydrogen-bond acceptors (Lipinski definition) is 5. The van der Waals surface area contributed by atoms with Crippen LogP contribution < -0.4 is 5.38 Å². The van der Waals surface area contributed by atoms with Gasteiger partial charge in [-0.25, -0.2) is 0 Å². The van der Waals surface area contributed by atoms with E-state index in [9.17, 15) is 0 Å². The summed E-state index contributed by atoms with van der Waals surface area (Å²) in [6.45, 7) is 13.7. The minimum absolute atomic E-state index is 0.371. The Hall–Kier alpha value is -0.273. The monoisotopic (exact) mass is 371 g/mol. The van der Waals surface area contributed by atoms with Gasteiger partial charge in [0.05, 0.1) is 5.38 Å². The summed E-state index contributed by atoms with van der Waals surface area (Å²) in [6, 6.07) is 5.43. The van der Waals surface area contributed by atoms with E-state index in [1.807, 2.05) is 19.9 Å². The van der Waals surface area contributed by atoms with Gasteiger partial charge in [-0.05, 0) is 45.0 Å². The molecule has 1 aliphatic heterocycles. The van der Waals surface area contributed by atoms with Gasteiger partial charge in [0.25, 0.3) is 0 Å². The summed E-state index contributed by atoms with van der Waals surface area (Å²) in [5.41, 5.74) is 0. The molecule has 2 heterocycles. The van der Waals surface area contributed by atoms with E-state index in [-0.39, 0.29) is 6.29 Å². The first-order chi connectivity index (χ1) is 11.6. The summed E-state index contributed by atoms with van der Waals surface area (Å²) >= 11 is 2.08. The fourth-order valence-electron chi connectivity index (χ4n) is 3.05. The fraction of sp³-hybridized carbons (Fsp3) is 0.778. The highest BCUT2D eigenvalue weighted by Gasteiger charge is 2.29. The van der Waals surface area contributed by atoms with Crippen LogP contribution in [0.25, 0.3) is 0 Å². The molecule has 0 atom stereocenters. The topological polar surface area (TPSA) is 34.8 Å². The molecule has 1 aromatic rings. The maximum absolute atomic E-state index is 6.15. The number of ether oxygens (including phenoxy) is 2. The third kappa shape index (κ3) is 5.91. The van der Waals surface area contributed by atoms with Gasteiger partial charge in [-0.15, -0.1) is 0 Å². The predicted molar refractivity (Wildman–Crippen MR) is 105 cm³/mol. The second-order valence-corrected chi connectivity index (χ2v) is 12.9. The molecular weight excluding hydrogens is 338 g/mol. The van der Waals surface area contributed by atoms with E-state index in [1.165, 1.54) is 43.6 Å². The van der Waals surface area contributed by atoms with Crippen LogP contribution in [0.2, 0.25) is 19.1 Å². The van der Waals surface area contributed by atoms with Gasteiger partial charge in [-0.3, -0.25) is 0 Å². The van der Waals surface area contributed by atoms with Crippen LogP contribution in [0, 0.1) is 0 Å². The fourth-order valence-corrected chi connectivity index (χ4v) is 6.25. The van der Waals surface area contributed by atoms with Crippen molar-refractivity contribution in [3.63, 3.8) is 0 Å². The third-order valence-corrected chi connectivity index (χ3v) is 8.69. The van der Waals surface area contributed by atoms with Crippen LogP contribution in [0.3, 0.4) is 0 Å². The molecule has 1 aliphatic rings. The summed E-state index contributed by atoms with van der Waals surface area (Å²) in [5, 5.41) is 1.16. The van der Waals surface area contributed by atoms with Crippen molar-refractivity contribution in [1.29, 1.82) is 0 Å². The molecule has 0 amide bonds. The lowest BCUT2D eigenvalue weighted by Crippen LogP contribution is -2.41. The van der Waals surface area contributed by atoms with Crippen LogP contribution in [0.5, 0.6) is 0 Å². The Morgan fingerprint density at radius 3 is 2.46 bits per heavy atom. The molecule has 6 heteroatoms. The minimum atomic E-state index is -1.54. The van der Waals surface area contributed by atoms with Crippen LogP contribution in [-0.4, -0.2) is 57.3 Å². The molecule has 24 heavy (non-hydrogen) atoms. The van der Waals surface area contributed by atoms with Crippen molar-refractivity contribution in [3.05, 3.63) is 17.9 Å². The van der Waals surface area contributed by atoms with Gasteiger partial charge >= 0.3 is 0 Å². The zero-order chi connectivity index (χ0) is 17.4. The molecule has 0 bridgehead atoms. The number of hydrogen-bond donors (Lipinski definition) is 0. The maximum Gasteiger partial charge on any atom is 0.217 e. The van der Waals surface area contributed by atoms with Crippen LogP contribution in [0.4, 0.5) is 0 Å². The van der Waals surface area contributed by atoms with Crippen LogP contribution in [0.1, 0.15) is 32.3 Å². The second kappa shape index (κ2) is 10.0. The van der Waals surface area contributed by atoms with E-state index in [0.29, 0.717) is 13.2 Å². The summed E-state index contributed by atoms with van der Waals surface area (Å²) < 4.78 is 17.4. The Bertz CT molecular complexity index is 469. The summed E-state index contributed by atoms with van der Waals surface area (Å²) in [6.07, 6.45) is 0.893. The predicted octanol–water partition coefficient (Wildman–Crippen LogP) is 3.71. The standard InChI is InChI=1S/C18H33NO3SSi/c1-5-20-18(21-6-2)16-8-9-17(22-16)24(3,4)15-7-10-19-11-13-23-14-12-19/h8-9,18H,5-7,10-15H2,1-4H3. The van der Waals surface area contributed by atoms with Crippen molar-refractivity contribution < 1.29 is 13.9 Å². The zero-order valence-electron chi connectivity index (χ0n) is 15.7. The number of rotatable bonds is 10. The molecule has 0 saturated carbocycles. The minimum Gasteiger partial charge on any atom is -0.466 e. The summed E-state index contributed by atoms with van der Waals surface area (Å²) in [4.78, 5) is 2.61. The molecule has 0 N–H and O–H groups in total. The summed E-state index contributed by atoms with van der Waals surface area (Å²) in [5.74, 6) is 3.39. The van der Waals surface area contributed by atoms with Crippen molar-refractivity contribution in [2.75, 3.05) is 44.4 Å². The van der Waals surface area contributed by atoms with E-state index < -0.39 is 8.07 Å². The normalized spacial score (nSPS) is 16.9. The maximum atomic E-state index is 6.15. The van der Waals surface area contributed by atoms with Crippen molar-refractivity contribution in [2.45, 2.75) is 45.7 Å². The Morgan fingerprint density at radius 2 is 1.83 bits per heavy atom. The first-order valence-corrected chi connectivity index (χ1v) is 13.6. The second-order valence-electron chi connectivity index (χ2n) is 6.89. The molecule has 0 unspecified atom stereocenters. The van der Waals surface area contributed by atoms with E-state index in [0.717, 1.165) is 11.1 Å². The molecule has 1 fully saturated rings. The van der Waals surface area contributed by atoms with Gasteiger partial charge in [0.1, 0.15) is 8.07 Å². The number of furan rings is 1. The molecule has 0 aromatic carbocycles. The number of nitrogens with zero attached hydrogens (tertiary/aromatic N) is 1. The van der Waals surface area contributed by atoms with Crippen molar-refractivity contribution >= 4 is 25.2 Å². The van der Waals surface area contributed by atoms with Gasteiger partial charge in [-0.1, -0.05) is 13.1 Å². The van der Waals surface area contributed by atoms with Crippen LogP contribution in [-0.2, 0) is 9.47 Å². The SMILES string of the molecule is CCOC(OCC)c1ccc([Si](C)(C)CCCN2CCSCC2)o1. The third-order valence-electron chi connectivity index (χ3n) is 4.54. The average Bonchev–Trinajstić information content (AvgIpc) is 3.06. The quantitative estimate of drug-likeness (QED) is 0.463. The van der Waals surface area contributed by atoms with Gasteiger partial charge in [0.15, 0.2) is 5.76 Å². The van der Waals surface area contributed by atoms with Crippen molar-refractivity contribution in [1.82, 2.24) is 4.90 Å². The van der Waals surface area contributed by atoms with E-state index in [2.05, 4.69) is 35.8 Å². The van der Waals surface area contributed by atoms with Crippen LogP contribution in [0.15, 0.2) is 16.5 Å². The van der Waals surface area contributed by atoms with Gasteiger partial charge < -0.3 is 18.8 Å². The molecule has 0 aliphatic carbocycles. The molecular formula is C18H33NO3SSi. The number of thioether (sulfide) groups is 1. The Kier molecular flexibility index (Phi) is 8.37. The van der Waals surface area contributed by atoms with Gasteiger partial charge in [-0.2, -0.15) is 11.8 Å². The molecule has 1 saturated heterocycles. The molecule has 2 rings (SSSR count). The zero-order valence-corrected chi connectivity index (χ0v) is 17.5. The lowest BCUT2D eigenvalue weighted by molar-refractivity contribution is -0.150. The first-order valence-electron chi connectivity index (χ1n) is 9.20. The largest absolute Gasteiger partial charge is 0.466 e. The van der Waals surface area contributed by atoms with E-state index >= 15 is 0 Å². The highest BCUT2D eigenvalue weighted by Crippen LogP contribution is 2.22. The Balaban J connectivity index is 1.88. The van der Waals surface area contributed by atoms with Gasteiger partial charge in [0, 0.05) is 37.8 Å². The van der Waals surface area contributed by atoms with Crippen LogP contribution >= 0.6 is 11.8 Å². The Labute approximate surface area is 152 Å². The van der Waals surface area contributed by atoms with Crippen molar-refractivity contribution in [3.8, 4) is 0 Å². The van der Waals surface area contributed by atoms with E-state index in [4.69, 9.17) is 13.9 Å². The lowest BCUT2D eigenvalue weighted by Gasteiger charge is -2.27. The first kappa shape index (κ1) is 20.0. The highest BCUT2D eigenvalue weighted by molar-refractivity contribution is 7.99. The molecule has 1 aromatic heterocycles. The highest BCUT2D eigenvalue weighted by atomic mass is 32.2. The molecule has 138 valence electrons. The lowest BCUT2D eigenvalue weighted by atomic mass is 10.4. The van der Waals surface area contributed by atoms with Crippen molar-refractivity contribution in [2.24, 2.45) is 0 Å². The van der Waals surface area contributed by atoms with E-state index in [1.54, 1.807) is 0 Å². The molecule has 0 spiro atoms.